The minimum absolute atomic E-state index is 0.0308. The van der Waals surface area contributed by atoms with E-state index in [0.717, 1.165) is 16.5 Å². The molecule has 0 saturated heterocycles. The van der Waals surface area contributed by atoms with Crippen molar-refractivity contribution in [1.82, 2.24) is 20.9 Å². The molecule has 1 aromatic heterocycles. The Kier molecular flexibility index (Phi) is 13.8. The average molecular weight is 624 g/mol. The molecule has 0 bridgehead atoms. The first-order chi connectivity index (χ1) is 21.6. The Bertz CT molecular complexity index is 1410. The molecular weight excluding hydrogens is 578 g/mol. The molecule has 13 heteroatoms. The lowest BCUT2D eigenvalue weighted by Gasteiger charge is -2.25. The van der Waals surface area contributed by atoms with E-state index >= 15 is 0 Å². The summed E-state index contributed by atoms with van der Waals surface area (Å²) in [5, 5.41) is 28.3. The predicted molar refractivity (Wildman–Crippen MR) is 171 cm³/mol. The van der Waals surface area contributed by atoms with Crippen LogP contribution in [0.3, 0.4) is 0 Å². The Morgan fingerprint density at radius 2 is 1.29 bits per heavy atom. The lowest BCUT2D eigenvalue weighted by molar-refractivity contribution is -0.142. The maximum atomic E-state index is 13.5. The molecule has 1 heterocycles. The van der Waals surface area contributed by atoms with Crippen molar-refractivity contribution in [2.24, 2.45) is 17.2 Å². The lowest BCUT2D eigenvalue weighted by Crippen LogP contribution is -2.57. The molecule has 3 rings (SSSR count). The summed E-state index contributed by atoms with van der Waals surface area (Å²) in [4.78, 5) is 55.2. The number of phenols is 1. The second kappa shape index (κ2) is 17.7. The third-order valence-electron chi connectivity index (χ3n) is 7.60. The second-order valence-corrected chi connectivity index (χ2v) is 11.1. The number of fused-ring (bicyclic) bond motifs is 1. The molecule has 0 aliphatic rings. The number of hydrogen-bond donors (Lipinski definition) is 9. The molecule has 2 aromatic carbocycles. The number of phenolic OH excluding ortho intramolecular Hbond substituents is 1. The molecule has 3 amide bonds. The monoisotopic (exact) mass is 623 g/mol. The molecule has 0 saturated carbocycles. The number of aromatic nitrogens is 1. The Labute approximate surface area is 262 Å². The lowest BCUT2D eigenvalue weighted by atomic mass is 10.0. The van der Waals surface area contributed by atoms with Crippen LogP contribution in [0, 0.1) is 0 Å². The highest BCUT2D eigenvalue weighted by molar-refractivity contribution is 5.94. The van der Waals surface area contributed by atoms with Gasteiger partial charge in [-0.2, -0.15) is 0 Å². The van der Waals surface area contributed by atoms with E-state index < -0.39 is 47.9 Å². The third kappa shape index (κ3) is 10.9. The van der Waals surface area contributed by atoms with Gasteiger partial charge >= 0.3 is 5.97 Å². The van der Waals surface area contributed by atoms with E-state index in [4.69, 9.17) is 17.2 Å². The first-order valence-corrected chi connectivity index (χ1v) is 15.3. The minimum atomic E-state index is -1.28. The van der Waals surface area contributed by atoms with Crippen LogP contribution in [0.15, 0.2) is 54.7 Å². The highest BCUT2D eigenvalue weighted by Gasteiger charge is 2.30. The summed E-state index contributed by atoms with van der Waals surface area (Å²) in [6.45, 7) is 0.789. The van der Waals surface area contributed by atoms with Crippen molar-refractivity contribution in [2.75, 3.05) is 13.1 Å². The number of aliphatic carboxylic acids is 1. The van der Waals surface area contributed by atoms with Crippen molar-refractivity contribution in [3.05, 3.63) is 65.9 Å². The number of carboxylic acids is 1. The van der Waals surface area contributed by atoms with E-state index in [1.165, 1.54) is 12.1 Å². The topological polar surface area (TPSA) is 239 Å². The number of rotatable bonds is 19. The largest absolute Gasteiger partial charge is 0.508 e. The van der Waals surface area contributed by atoms with Crippen LogP contribution in [0.25, 0.3) is 10.9 Å². The molecule has 0 fully saturated rings. The molecule has 0 spiro atoms. The van der Waals surface area contributed by atoms with Crippen molar-refractivity contribution >= 4 is 34.6 Å². The van der Waals surface area contributed by atoms with E-state index in [-0.39, 0.29) is 31.4 Å². The van der Waals surface area contributed by atoms with Crippen LogP contribution in [-0.4, -0.2) is 76.1 Å². The predicted octanol–water partition coefficient (Wildman–Crippen LogP) is 0.783. The summed E-state index contributed by atoms with van der Waals surface area (Å²) in [6, 6.07) is 9.37. The number of carboxylic acid groups (broad SMARTS) is 1. The summed E-state index contributed by atoms with van der Waals surface area (Å²) in [5.41, 5.74) is 19.9. The maximum Gasteiger partial charge on any atom is 0.326 e. The van der Waals surface area contributed by atoms with Crippen LogP contribution in [0.2, 0.25) is 0 Å². The fourth-order valence-corrected chi connectivity index (χ4v) is 5.04. The molecule has 244 valence electrons. The van der Waals surface area contributed by atoms with Crippen LogP contribution in [0.5, 0.6) is 5.75 Å². The SMILES string of the molecule is NCCCCC(NC(=O)C(N)Cc1c[nH]c2ccccc12)C(=O)NC(CCCCN)C(=O)NC(Cc1ccc(O)cc1)C(=O)O. The van der Waals surface area contributed by atoms with Gasteiger partial charge in [0.2, 0.25) is 17.7 Å². The molecule has 13 nitrogen and oxygen atoms in total. The standard InChI is InChI=1S/C32H45N7O6/c33-15-5-3-9-26(37-29(41)24(35)18-21-19-36-25-8-2-1-7-23(21)25)30(42)38-27(10-4-6-16-34)31(43)39-28(32(44)45)17-20-11-13-22(40)14-12-20/h1-2,7-8,11-14,19,24,26-28,36,40H,3-6,9-10,15-18,33-35H2,(H,37,41)(H,38,42)(H,39,43)(H,44,45). The number of aromatic amines is 1. The number of nitrogens with one attached hydrogen (secondary N) is 4. The molecule has 4 atom stereocenters. The molecule has 4 unspecified atom stereocenters. The number of aromatic hydroxyl groups is 1. The van der Waals surface area contributed by atoms with Gasteiger partial charge in [-0.05, 0) is 87.4 Å². The zero-order valence-corrected chi connectivity index (χ0v) is 25.3. The average Bonchev–Trinajstić information content (AvgIpc) is 3.43. The van der Waals surface area contributed by atoms with Gasteiger partial charge in [-0.1, -0.05) is 30.3 Å². The van der Waals surface area contributed by atoms with Crippen LogP contribution in [0.4, 0.5) is 0 Å². The van der Waals surface area contributed by atoms with Crippen molar-refractivity contribution in [1.29, 1.82) is 0 Å². The summed E-state index contributed by atoms with van der Waals surface area (Å²) in [5.74, 6) is -2.99. The number of carbonyl (C=O) groups is 4. The maximum absolute atomic E-state index is 13.5. The van der Waals surface area contributed by atoms with E-state index in [0.29, 0.717) is 44.3 Å². The zero-order chi connectivity index (χ0) is 32.8. The van der Waals surface area contributed by atoms with Gasteiger partial charge in [0, 0.05) is 23.5 Å². The first-order valence-electron chi connectivity index (χ1n) is 15.3. The number of benzene rings is 2. The normalized spacial score (nSPS) is 13.8. The number of amides is 3. The van der Waals surface area contributed by atoms with Gasteiger partial charge in [0.05, 0.1) is 6.04 Å². The van der Waals surface area contributed by atoms with Crippen LogP contribution in [0.1, 0.15) is 49.7 Å². The molecule has 3 aromatic rings. The fraction of sp³-hybridized carbons (Fsp3) is 0.438. The molecule has 0 aliphatic heterocycles. The summed E-state index contributed by atoms with van der Waals surface area (Å²) in [7, 11) is 0. The third-order valence-corrected chi connectivity index (χ3v) is 7.60. The summed E-state index contributed by atoms with van der Waals surface area (Å²) >= 11 is 0. The number of H-pyrrole nitrogens is 1. The van der Waals surface area contributed by atoms with E-state index in [1.54, 1.807) is 18.3 Å². The Morgan fingerprint density at radius 1 is 0.733 bits per heavy atom. The fourth-order valence-electron chi connectivity index (χ4n) is 5.04. The van der Waals surface area contributed by atoms with Crippen molar-refractivity contribution < 1.29 is 29.4 Å². The smallest absolute Gasteiger partial charge is 0.326 e. The number of unbranched alkanes of at least 4 members (excludes halogenated alkanes) is 2. The van der Waals surface area contributed by atoms with Crippen LogP contribution >= 0.6 is 0 Å². The molecule has 0 radical (unpaired) electrons. The number of para-hydroxylation sites is 1. The van der Waals surface area contributed by atoms with Gasteiger partial charge < -0.3 is 48.3 Å². The molecular formula is C32H45N7O6. The second-order valence-electron chi connectivity index (χ2n) is 11.1. The number of nitrogens with two attached hydrogens (primary N) is 3. The van der Waals surface area contributed by atoms with Crippen LogP contribution < -0.4 is 33.2 Å². The molecule has 45 heavy (non-hydrogen) atoms. The van der Waals surface area contributed by atoms with Crippen LogP contribution in [-0.2, 0) is 32.0 Å². The molecule has 0 aliphatic carbocycles. The number of carbonyl (C=O) groups excluding carboxylic acids is 3. The van der Waals surface area contributed by atoms with E-state index in [1.807, 2.05) is 24.3 Å². The first kappa shape index (κ1) is 35.0. The van der Waals surface area contributed by atoms with Crippen molar-refractivity contribution in [3.8, 4) is 5.75 Å². The Balaban J connectivity index is 1.71. The van der Waals surface area contributed by atoms with Gasteiger partial charge in [0.15, 0.2) is 0 Å². The molecule has 12 N–H and O–H groups in total. The summed E-state index contributed by atoms with van der Waals surface area (Å²) in [6.07, 6.45) is 4.77. The Morgan fingerprint density at radius 3 is 1.87 bits per heavy atom. The quantitative estimate of drug-likeness (QED) is 0.0856. The van der Waals surface area contributed by atoms with E-state index in [2.05, 4.69) is 20.9 Å². The van der Waals surface area contributed by atoms with Crippen molar-refractivity contribution in [2.45, 2.75) is 75.5 Å². The highest BCUT2D eigenvalue weighted by Crippen LogP contribution is 2.19. The van der Waals surface area contributed by atoms with Gasteiger partial charge in [0.1, 0.15) is 23.9 Å². The van der Waals surface area contributed by atoms with Gasteiger partial charge in [-0.3, -0.25) is 14.4 Å². The van der Waals surface area contributed by atoms with Crippen molar-refractivity contribution in [3.63, 3.8) is 0 Å². The number of hydrogen-bond acceptors (Lipinski definition) is 8. The van der Waals surface area contributed by atoms with E-state index in [9.17, 15) is 29.4 Å². The van der Waals surface area contributed by atoms with Gasteiger partial charge in [0.25, 0.3) is 0 Å². The summed E-state index contributed by atoms with van der Waals surface area (Å²) < 4.78 is 0. The highest BCUT2D eigenvalue weighted by atomic mass is 16.4. The zero-order valence-electron chi connectivity index (χ0n) is 25.3. The minimum Gasteiger partial charge on any atom is -0.508 e. The van der Waals surface area contributed by atoms with Gasteiger partial charge in [-0.15, -0.1) is 0 Å². The van der Waals surface area contributed by atoms with Gasteiger partial charge in [-0.25, -0.2) is 4.79 Å². The Hall–Kier alpha value is -4.46.